The smallest absolute Gasteiger partial charge is 0.328 e. The Labute approximate surface area is 271 Å². The van der Waals surface area contributed by atoms with Gasteiger partial charge >= 0.3 is 5.97 Å². The Hall–Kier alpha value is -3.89. The minimum Gasteiger partial charge on any atom is -0.460 e. The number of fused-ring (bicyclic) bond motifs is 2. The SMILES string of the molecule is CO[C@@H]1/C=C/C=C/C=C/C[C@H](OC(=O)[C@@H](C)NC(=O)C2CCCCC2)[C@@H](C)[C@@H](O)/C(C)=C\CCC2=CC(=O)C=C(NC(=O)C1)C2=O. The van der Waals surface area contributed by atoms with Crippen molar-refractivity contribution in [2.75, 3.05) is 7.11 Å². The molecule has 46 heavy (non-hydrogen) atoms. The van der Waals surface area contributed by atoms with Crippen molar-refractivity contribution in [1.29, 1.82) is 0 Å². The molecule has 2 aliphatic carbocycles. The number of ether oxygens (including phenoxy) is 2. The molecule has 2 amide bonds. The second-order valence-corrected chi connectivity index (χ2v) is 12.3. The molecule has 3 rings (SSSR count). The van der Waals surface area contributed by atoms with Gasteiger partial charge in [-0.2, -0.15) is 0 Å². The first-order valence-electron chi connectivity index (χ1n) is 16.2. The summed E-state index contributed by atoms with van der Waals surface area (Å²) in [5, 5.41) is 16.6. The minimum absolute atomic E-state index is 0.0567. The van der Waals surface area contributed by atoms with Crippen LogP contribution < -0.4 is 10.6 Å². The van der Waals surface area contributed by atoms with E-state index in [2.05, 4.69) is 10.6 Å². The summed E-state index contributed by atoms with van der Waals surface area (Å²) in [6, 6.07) is -0.840. The number of Topliss-reactive ketones (excluding diaryl/α,β-unsaturated/α-hetero) is 1. The molecular formula is C36H48N2O8. The monoisotopic (exact) mass is 636 g/mol. The molecule has 0 aromatic rings. The molecular weight excluding hydrogens is 588 g/mol. The molecule has 5 atom stereocenters. The van der Waals surface area contributed by atoms with Crippen LogP contribution in [0.15, 0.2) is 71.5 Å². The van der Waals surface area contributed by atoms with Crippen LogP contribution in [0.3, 0.4) is 0 Å². The van der Waals surface area contributed by atoms with Crippen molar-refractivity contribution in [1.82, 2.24) is 10.6 Å². The molecule has 1 saturated carbocycles. The highest BCUT2D eigenvalue weighted by molar-refractivity contribution is 6.21. The van der Waals surface area contributed by atoms with E-state index >= 15 is 0 Å². The topological polar surface area (TPSA) is 148 Å². The first kappa shape index (κ1) is 36.6. The second kappa shape index (κ2) is 18.3. The summed E-state index contributed by atoms with van der Waals surface area (Å²) in [6.45, 7) is 5.16. The summed E-state index contributed by atoms with van der Waals surface area (Å²) in [5.41, 5.74) is 0.803. The van der Waals surface area contributed by atoms with E-state index < -0.39 is 53.7 Å². The molecule has 0 saturated heterocycles. The van der Waals surface area contributed by atoms with E-state index in [0.717, 1.165) is 38.2 Å². The van der Waals surface area contributed by atoms with Gasteiger partial charge in [0.25, 0.3) is 0 Å². The number of carbonyl (C=O) groups excluding carboxylic acids is 5. The van der Waals surface area contributed by atoms with Crippen LogP contribution in [-0.2, 0) is 33.4 Å². The van der Waals surface area contributed by atoms with Crippen LogP contribution in [0, 0.1) is 11.8 Å². The van der Waals surface area contributed by atoms with Crippen molar-refractivity contribution in [3.63, 3.8) is 0 Å². The van der Waals surface area contributed by atoms with Gasteiger partial charge in [-0.05, 0) is 51.2 Å². The van der Waals surface area contributed by atoms with Crippen LogP contribution in [-0.4, -0.2) is 65.9 Å². The van der Waals surface area contributed by atoms with Crippen molar-refractivity contribution in [2.24, 2.45) is 11.8 Å². The number of hydrogen-bond acceptors (Lipinski definition) is 8. The third kappa shape index (κ3) is 11.2. The summed E-state index contributed by atoms with van der Waals surface area (Å²) in [7, 11) is 1.47. The van der Waals surface area contributed by atoms with Crippen molar-refractivity contribution in [2.45, 2.75) is 103 Å². The lowest BCUT2D eigenvalue weighted by Gasteiger charge is -2.29. The van der Waals surface area contributed by atoms with Gasteiger partial charge in [0.2, 0.25) is 17.6 Å². The maximum atomic E-state index is 13.1. The molecule has 1 heterocycles. The lowest BCUT2D eigenvalue weighted by atomic mass is 9.88. The summed E-state index contributed by atoms with van der Waals surface area (Å²) >= 11 is 0. The number of hydrogen-bond donors (Lipinski definition) is 3. The maximum Gasteiger partial charge on any atom is 0.328 e. The zero-order valence-electron chi connectivity index (χ0n) is 27.3. The third-order valence-electron chi connectivity index (χ3n) is 8.65. The summed E-state index contributed by atoms with van der Waals surface area (Å²) < 4.78 is 11.3. The fraction of sp³-hybridized carbons (Fsp3) is 0.528. The molecule has 0 aromatic heterocycles. The highest BCUT2D eigenvalue weighted by Gasteiger charge is 2.31. The summed E-state index contributed by atoms with van der Waals surface area (Å²) in [5.74, 6) is -2.59. The number of allylic oxidation sites excluding steroid dienone is 8. The van der Waals surface area contributed by atoms with Crippen LogP contribution in [0.5, 0.6) is 0 Å². The van der Waals surface area contributed by atoms with Crippen LogP contribution in [0.2, 0.25) is 0 Å². The van der Waals surface area contributed by atoms with E-state index in [9.17, 15) is 29.1 Å². The van der Waals surface area contributed by atoms with E-state index in [4.69, 9.17) is 9.47 Å². The number of methoxy groups -OCH3 is 1. The maximum absolute atomic E-state index is 13.1. The average Bonchev–Trinajstić information content (AvgIpc) is 3.04. The molecule has 0 spiro atoms. The number of ketones is 2. The van der Waals surface area contributed by atoms with E-state index in [0.29, 0.717) is 18.4 Å². The molecule has 1 aliphatic heterocycles. The van der Waals surface area contributed by atoms with Crippen molar-refractivity contribution in [3.05, 3.63) is 71.5 Å². The molecule has 3 aliphatic rings. The lowest BCUT2D eigenvalue weighted by molar-refractivity contribution is -0.156. The number of esters is 1. The van der Waals surface area contributed by atoms with Gasteiger partial charge in [-0.25, -0.2) is 4.79 Å². The predicted molar refractivity (Wildman–Crippen MR) is 174 cm³/mol. The van der Waals surface area contributed by atoms with Crippen molar-refractivity contribution >= 4 is 29.4 Å². The first-order chi connectivity index (χ1) is 22.0. The Balaban J connectivity index is 1.79. The quantitative estimate of drug-likeness (QED) is 0.230. The Morgan fingerprint density at radius 1 is 1.04 bits per heavy atom. The predicted octanol–water partition coefficient (Wildman–Crippen LogP) is 4.26. The zero-order chi connectivity index (χ0) is 33.6. The molecule has 10 nitrogen and oxygen atoms in total. The normalized spacial score (nSPS) is 29.8. The number of nitrogens with one attached hydrogen (secondary N) is 2. The van der Waals surface area contributed by atoms with Gasteiger partial charge in [-0.3, -0.25) is 19.2 Å². The van der Waals surface area contributed by atoms with Crippen LogP contribution in [0.25, 0.3) is 0 Å². The van der Waals surface area contributed by atoms with Gasteiger partial charge in [-0.1, -0.05) is 68.7 Å². The molecule has 0 aromatic carbocycles. The van der Waals surface area contributed by atoms with Gasteiger partial charge in [0.15, 0.2) is 5.78 Å². The fourth-order valence-electron chi connectivity index (χ4n) is 5.73. The van der Waals surface area contributed by atoms with Gasteiger partial charge in [0.1, 0.15) is 12.1 Å². The van der Waals surface area contributed by atoms with E-state index in [1.807, 2.05) is 6.08 Å². The Kier molecular flexibility index (Phi) is 14.6. The summed E-state index contributed by atoms with van der Waals surface area (Å²) in [4.78, 5) is 63.8. The van der Waals surface area contributed by atoms with E-state index in [-0.39, 0.29) is 35.9 Å². The number of rotatable bonds is 5. The molecule has 1 fully saturated rings. The standard InChI is InChI=1S/C36H48N2O8/c1-23-14-13-17-27-20-28(39)21-30(34(27)42)38-32(40)22-29(45-4)18-11-6-5-7-12-19-31(24(2)33(23)41)46-36(44)25(3)37-35(43)26-15-9-8-10-16-26/h5-7,11-12,14,18,20-21,24-26,29,31,33,41H,8-10,13,15-17,19,22H2,1-4H3,(H,37,43)(H,38,40)/b6-5+,12-7+,18-11+,23-14-/t24-,25-,29-,31+,33+/m1/s1. The highest BCUT2D eigenvalue weighted by atomic mass is 16.5. The first-order valence-corrected chi connectivity index (χ1v) is 16.2. The molecule has 3 N–H and O–H groups in total. The van der Waals surface area contributed by atoms with Crippen LogP contribution in [0.1, 0.15) is 78.6 Å². The number of aliphatic hydroxyl groups is 1. The van der Waals surface area contributed by atoms with Gasteiger partial charge in [-0.15, -0.1) is 0 Å². The van der Waals surface area contributed by atoms with E-state index in [1.165, 1.54) is 13.2 Å². The third-order valence-corrected chi connectivity index (χ3v) is 8.65. The average molecular weight is 637 g/mol. The molecule has 10 heteroatoms. The Bertz CT molecular complexity index is 1310. The number of amides is 2. The highest BCUT2D eigenvalue weighted by Crippen LogP contribution is 2.25. The zero-order valence-corrected chi connectivity index (χ0v) is 27.3. The molecule has 0 unspecified atom stereocenters. The van der Waals surface area contributed by atoms with E-state index in [1.54, 1.807) is 57.2 Å². The lowest BCUT2D eigenvalue weighted by Crippen LogP contribution is -2.45. The van der Waals surface area contributed by atoms with Gasteiger partial charge in [0.05, 0.1) is 24.3 Å². The van der Waals surface area contributed by atoms with Crippen LogP contribution in [0.4, 0.5) is 0 Å². The van der Waals surface area contributed by atoms with Gasteiger partial charge < -0.3 is 25.2 Å². The molecule has 2 bridgehead atoms. The second-order valence-electron chi connectivity index (χ2n) is 12.3. The number of carbonyl (C=O) groups is 5. The fourth-order valence-corrected chi connectivity index (χ4v) is 5.73. The summed E-state index contributed by atoms with van der Waals surface area (Å²) in [6.07, 6.45) is 18.1. The molecule has 0 radical (unpaired) electrons. The van der Waals surface area contributed by atoms with Crippen molar-refractivity contribution in [3.8, 4) is 0 Å². The van der Waals surface area contributed by atoms with Crippen LogP contribution >= 0.6 is 0 Å². The minimum atomic E-state index is -0.968. The number of aliphatic hydroxyl groups excluding tert-OH is 1. The largest absolute Gasteiger partial charge is 0.460 e. The molecule has 250 valence electrons. The van der Waals surface area contributed by atoms with Crippen molar-refractivity contribution < 1.29 is 38.6 Å². The Morgan fingerprint density at radius 2 is 1.76 bits per heavy atom. The van der Waals surface area contributed by atoms with Gasteiger partial charge in [0, 0.05) is 37.0 Å². The Morgan fingerprint density at radius 3 is 2.48 bits per heavy atom.